The summed E-state index contributed by atoms with van der Waals surface area (Å²) in [6.45, 7) is 0.552. The van der Waals surface area contributed by atoms with E-state index >= 15 is 0 Å². The first-order valence-corrected chi connectivity index (χ1v) is 9.53. The maximum absolute atomic E-state index is 12.5. The first-order chi connectivity index (χ1) is 14.7. The van der Waals surface area contributed by atoms with E-state index in [1.165, 1.54) is 0 Å². The third kappa shape index (κ3) is 3.75. The predicted octanol–water partition coefficient (Wildman–Crippen LogP) is 4.79. The second kappa shape index (κ2) is 7.75. The van der Waals surface area contributed by atoms with Crippen molar-refractivity contribution < 1.29 is 19.0 Å². The van der Waals surface area contributed by atoms with Crippen molar-refractivity contribution in [3.8, 4) is 17.2 Å². The van der Waals surface area contributed by atoms with Crippen molar-refractivity contribution >= 4 is 22.5 Å². The van der Waals surface area contributed by atoms with Gasteiger partial charge < -0.3 is 19.5 Å². The lowest BCUT2D eigenvalue weighted by Crippen LogP contribution is -2.11. The van der Waals surface area contributed by atoms with E-state index in [0.717, 1.165) is 16.6 Å². The molecule has 1 aliphatic heterocycles. The molecule has 148 valence electrons. The molecule has 0 atom stereocenters. The summed E-state index contributed by atoms with van der Waals surface area (Å²) < 4.78 is 16.4. The fourth-order valence-electron chi connectivity index (χ4n) is 3.23. The minimum absolute atomic E-state index is 0.197. The van der Waals surface area contributed by atoms with Gasteiger partial charge >= 0.3 is 0 Å². The van der Waals surface area contributed by atoms with Crippen LogP contribution in [-0.2, 0) is 6.61 Å². The zero-order valence-corrected chi connectivity index (χ0v) is 16.0. The summed E-state index contributed by atoms with van der Waals surface area (Å²) in [5, 5.41) is 3.95. The van der Waals surface area contributed by atoms with Crippen molar-refractivity contribution in [1.29, 1.82) is 0 Å². The molecule has 0 fully saturated rings. The fraction of sp³-hybridized carbons (Fsp3) is 0.0833. The number of benzene rings is 3. The molecule has 5 rings (SSSR count). The molecule has 0 spiro atoms. The number of hydrogen-bond acceptors (Lipinski definition) is 5. The van der Waals surface area contributed by atoms with Crippen molar-refractivity contribution in [3.05, 3.63) is 90.1 Å². The van der Waals surface area contributed by atoms with E-state index in [9.17, 15) is 4.79 Å². The van der Waals surface area contributed by atoms with Gasteiger partial charge in [-0.05, 0) is 48.5 Å². The Morgan fingerprint density at radius 1 is 0.933 bits per heavy atom. The summed E-state index contributed by atoms with van der Waals surface area (Å²) in [5.41, 5.74) is 2.96. The van der Waals surface area contributed by atoms with Gasteiger partial charge in [-0.1, -0.05) is 24.3 Å². The first-order valence-electron chi connectivity index (χ1n) is 9.53. The number of hydrogen-bond donors (Lipinski definition) is 1. The Balaban J connectivity index is 1.22. The highest BCUT2D eigenvalue weighted by Gasteiger charge is 2.14. The fourth-order valence-corrected chi connectivity index (χ4v) is 3.23. The molecule has 1 aromatic heterocycles. The van der Waals surface area contributed by atoms with E-state index in [1.807, 2.05) is 36.4 Å². The maximum atomic E-state index is 12.5. The molecule has 30 heavy (non-hydrogen) atoms. The number of para-hydroxylation sites is 1. The van der Waals surface area contributed by atoms with Crippen LogP contribution < -0.4 is 19.5 Å². The number of aromatic nitrogens is 1. The molecule has 0 saturated heterocycles. The van der Waals surface area contributed by atoms with Gasteiger partial charge in [0.15, 0.2) is 11.5 Å². The Morgan fingerprint density at radius 2 is 1.77 bits per heavy atom. The van der Waals surface area contributed by atoms with Gasteiger partial charge in [-0.25, -0.2) is 4.98 Å². The molecule has 1 N–H and O–H groups in total. The number of nitrogens with one attached hydrogen (secondary N) is 1. The summed E-state index contributed by atoms with van der Waals surface area (Å²) >= 11 is 0. The monoisotopic (exact) mass is 398 g/mol. The number of pyridine rings is 1. The topological polar surface area (TPSA) is 69.7 Å². The molecule has 3 aromatic carbocycles. The van der Waals surface area contributed by atoms with E-state index in [-0.39, 0.29) is 12.7 Å². The highest BCUT2D eigenvalue weighted by atomic mass is 16.7. The van der Waals surface area contributed by atoms with Crippen LogP contribution in [0, 0.1) is 0 Å². The quantitative estimate of drug-likeness (QED) is 0.523. The summed E-state index contributed by atoms with van der Waals surface area (Å²) in [6.07, 6.45) is 0. The summed E-state index contributed by atoms with van der Waals surface area (Å²) in [7, 11) is 0. The highest BCUT2D eigenvalue weighted by Crippen LogP contribution is 2.34. The summed E-state index contributed by atoms with van der Waals surface area (Å²) in [5.74, 6) is 1.76. The van der Waals surface area contributed by atoms with Crippen LogP contribution in [0.1, 0.15) is 16.1 Å². The van der Waals surface area contributed by atoms with Gasteiger partial charge in [0.1, 0.15) is 12.4 Å². The molecule has 6 nitrogen and oxygen atoms in total. The normalized spacial score (nSPS) is 12.0. The number of fused-ring (bicyclic) bond motifs is 2. The van der Waals surface area contributed by atoms with Crippen LogP contribution in [0.25, 0.3) is 10.9 Å². The molecule has 6 heteroatoms. The molecule has 0 saturated carbocycles. The number of nitrogens with zero attached hydrogens (tertiary/aromatic N) is 1. The molecule has 1 amide bonds. The molecule has 0 bridgehead atoms. The Labute approximate surface area is 173 Å². The first kappa shape index (κ1) is 18.0. The SMILES string of the molecule is O=C(Nc1ccc2c(c1)OCO2)c1ccc(OCc2ccc3ccccc3n2)cc1. The predicted molar refractivity (Wildman–Crippen MR) is 113 cm³/mol. The second-order valence-electron chi connectivity index (χ2n) is 6.83. The Kier molecular flexibility index (Phi) is 4.65. The van der Waals surface area contributed by atoms with Crippen LogP contribution >= 0.6 is 0 Å². The number of ether oxygens (including phenoxy) is 3. The van der Waals surface area contributed by atoms with E-state index in [2.05, 4.69) is 10.3 Å². The lowest BCUT2D eigenvalue weighted by molar-refractivity contribution is 0.102. The summed E-state index contributed by atoms with van der Waals surface area (Å²) in [6, 6.07) is 24.2. The molecule has 2 heterocycles. The Bertz CT molecular complexity index is 1220. The third-order valence-corrected chi connectivity index (χ3v) is 4.79. The van der Waals surface area contributed by atoms with Crippen molar-refractivity contribution in [2.75, 3.05) is 12.1 Å². The lowest BCUT2D eigenvalue weighted by atomic mass is 10.2. The average molecular weight is 398 g/mol. The minimum Gasteiger partial charge on any atom is -0.487 e. The van der Waals surface area contributed by atoms with Crippen LogP contribution in [0.2, 0.25) is 0 Å². The second-order valence-corrected chi connectivity index (χ2v) is 6.83. The van der Waals surface area contributed by atoms with E-state index < -0.39 is 0 Å². The van der Waals surface area contributed by atoms with E-state index in [0.29, 0.717) is 35.1 Å². The van der Waals surface area contributed by atoms with Gasteiger partial charge in [-0.2, -0.15) is 0 Å². The minimum atomic E-state index is -0.211. The highest BCUT2D eigenvalue weighted by molar-refractivity contribution is 6.04. The molecular formula is C24H18N2O4. The average Bonchev–Trinajstić information content (AvgIpc) is 3.26. The molecule has 0 radical (unpaired) electrons. The van der Waals surface area contributed by atoms with Crippen molar-refractivity contribution in [3.63, 3.8) is 0 Å². The van der Waals surface area contributed by atoms with Gasteiger partial charge in [-0.15, -0.1) is 0 Å². The third-order valence-electron chi connectivity index (χ3n) is 4.79. The van der Waals surface area contributed by atoms with Gasteiger partial charge in [0.25, 0.3) is 5.91 Å². The van der Waals surface area contributed by atoms with Gasteiger partial charge in [-0.3, -0.25) is 4.79 Å². The molecule has 0 unspecified atom stereocenters. The molecule has 0 aliphatic carbocycles. The number of carbonyl (C=O) groups is 1. The van der Waals surface area contributed by atoms with Crippen LogP contribution in [0.3, 0.4) is 0 Å². The van der Waals surface area contributed by atoms with Gasteiger partial charge in [0.2, 0.25) is 6.79 Å². The number of carbonyl (C=O) groups excluding carboxylic acids is 1. The Hall–Kier alpha value is -4.06. The van der Waals surface area contributed by atoms with E-state index in [1.54, 1.807) is 42.5 Å². The van der Waals surface area contributed by atoms with E-state index in [4.69, 9.17) is 14.2 Å². The lowest BCUT2D eigenvalue weighted by Gasteiger charge is -2.09. The zero-order chi connectivity index (χ0) is 20.3. The van der Waals surface area contributed by atoms with Gasteiger partial charge in [0, 0.05) is 22.7 Å². The zero-order valence-electron chi connectivity index (χ0n) is 16.0. The molecular weight excluding hydrogens is 380 g/mol. The molecule has 4 aromatic rings. The number of amides is 1. The largest absolute Gasteiger partial charge is 0.487 e. The molecule has 1 aliphatic rings. The van der Waals surface area contributed by atoms with Crippen LogP contribution in [0.15, 0.2) is 78.9 Å². The van der Waals surface area contributed by atoms with Crippen molar-refractivity contribution in [1.82, 2.24) is 4.98 Å². The van der Waals surface area contributed by atoms with Crippen LogP contribution in [0.5, 0.6) is 17.2 Å². The van der Waals surface area contributed by atoms with Crippen LogP contribution in [-0.4, -0.2) is 17.7 Å². The smallest absolute Gasteiger partial charge is 0.255 e. The van der Waals surface area contributed by atoms with Crippen molar-refractivity contribution in [2.45, 2.75) is 6.61 Å². The Morgan fingerprint density at radius 3 is 2.67 bits per heavy atom. The maximum Gasteiger partial charge on any atom is 0.255 e. The number of anilines is 1. The number of rotatable bonds is 5. The summed E-state index contributed by atoms with van der Waals surface area (Å²) in [4.78, 5) is 17.1. The standard InChI is InChI=1S/C24H18N2O4/c27-24(26-18-9-12-22-23(13-18)30-15-29-22)17-6-10-20(11-7-17)28-14-19-8-5-16-3-1-2-4-21(16)25-19/h1-13H,14-15H2,(H,26,27). The van der Waals surface area contributed by atoms with Gasteiger partial charge in [0.05, 0.1) is 11.2 Å². The van der Waals surface area contributed by atoms with Crippen LogP contribution in [0.4, 0.5) is 5.69 Å². The van der Waals surface area contributed by atoms with Crippen molar-refractivity contribution in [2.24, 2.45) is 0 Å².